The zero-order chi connectivity index (χ0) is 13.6. The maximum absolute atomic E-state index is 12.0. The Labute approximate surface area is 107 Å². The highest BCUT2D eigenvalue weighted by Crippen LogP contribution is 2.15. The number of pyridine rings is 1. The average Bonchev–Trinajstić information content (AvgIpc) is 2.34. The lowest BCUT2D eigenvalue weighted by molar-refractivity contribution is 0.400. The Morgan fingerprint density at radius 1 is 1.44 bits per heavy atom. The summed E-state index contributed by atoms with van der Waals surface area (Å²) in [7, 11) is 0.245. The van der Waals surface area contributed by atoms with Gasteiger partial charge in [-0.05, 0) is 39.2 Å². The van der Waals surface area contributed by atoms with Gasteiger partial charge in [0.25, 0.3) is 10.0 Å². The molecule has 1 aromatic heterocycles. The van der Waals surface area contributed by atoms with E-state index < -0.39 is 10.0 Å². The van der Waals surface area contributed by atoms with Crippen LogP contribution in [0.3, 0.4) is 0 Å². The summed E-state index contributed by atoms with van der Waals surface area (Å²) in [6.45, 7) is 1.17. The summed E-state index contributed by atoms with van der Waals surface area (Å²) < 4.78 is 26.4. The number of hydrazine groups is 1. The van der Waals surface area contributed by atoms with Crippen molar-refractivity contribution in [2.75, 3.05) is 32.6 Å². The van der Waals surface area contributed by atoms with Crippen LogP contribution in [0.2, 0.25) is 0 Å². The van der Waals surface area contributed by atoms with Gasteiger partial charge in [0.2, 0.25) is 0 Å². The van der Waals surface area contributed by atoms with Gasteiger partial charge in [-0.25, -0.2) is 18.1 Å². The summed E-state index contributed by atoms with van der Waals surface area (Å²) in [5, 5.41) is -0.0858. The third-order valence-electron chi connectivity index (χ3n) is 2.26. The minimum atomic E-state index is -3.62. The van der Waals surface area contributed by atoms with E-state index in [1.54, 1.807) is 12.1 Å². The largest absolute Gasteiger partial charge is 0.321 e. The number of anilines is 1. The smallest absolute Gasteiger partial charge is 0.260 e. The first-order valence-electron chi connectivity index (χ1n) is 5.53. The zero-order valence-electron chi connectivity index (χ0n) is 10.5. The lowest BCUT2D eigenvalue weighted by atomic mass is 10.4. The quantitative estimate of drug-likeness (QED) is 0.355. The number of nitrogens with one attached hydrogen (secondary N) is 2. The number of nitrogens with two attached hydrogens (primary N) is 1. The maximum atomic E-state index is 12.0. The number of aromatic nitrogens is 1. The van der Waals surface area contributed by atoms with Crippen LogP contribution in [0.15, 0.2) is 23.4 Å². The van der Waals surface area contributed by atoms with Crippen LogP contribution in [0.4, 0.5) is 5.69 Å². The first-order chi connectivity index (χ1) is 8.47. The van der Waals surface area contributed by atoms with Gasteiger partial charge in [-0.15, -0.1) is 0 Å². The molecule has 0 saturated heterocycles. The number of hydrogen-bond acceptors (Lipinski definition) is 6. The van der Waals surface area contributed by atoms with Crippen LogP contribution in [0, 0.1) is 0 Å². The van der Waals surface area contributed by atoms with Crippen molar-refractivity contribution >= 4 is 15.7 Å². The van der Waals surface area contributed by atoms with Crippen molar-refractivity contribution in [3.05, 3.63) is 18.3 Å². The van der Waals surface area contributed by atoms with Gasteiger partial charge in [-0.3, -0.25) is 5.84 Å². The first-order valence-corrected chi connectivity index (χ1v) is 7.01. The molecule has 0 aromatic carbocycles. The second-order valence-electron chi connectivity index (χ2n) is 4.06. The maximum Gasteiger partial charge on any atom is 0.260 e. The summed E-state index contributed by atoms with van der Waals surface area (Å²) in [5.74, 6) is 5.25. The molecular formula is C10H19N5O2S. The van der Waals surface area contributed by atoms with Gasteiger partial charge < -0.3 is 10.3 Å². The summed E-state index contributed by atoms with van der Waals surface area (Å²) in [5.41, 5.74) is 2.60. The Morgan fingerprint density at radius 3 is 2.78 bits per heavy atom. The molecule has 1 rings (SSSR count). The lowest BCUT2D eigenvalue weighted by Gasteiger charge is -2.11. The monoisotopic (exact) mass is 273 g/mol. The molecule has 1 aromatic rings. The number of rotatable bonds is 7. The molecule has 0 atom stereocenters. The Kier molecular flexibility index (Phi) is 5.48. The summed E-state index contributed by atoms with van der Waals surface area (Å²) >= 11 is 0. The molecule has 0 fully saturated rings. The van der Waals surface area contributed by atoms with E-state index >= 15 is 0 Å². The molecule has 0 amide bonds. The normalized spacial score (nSPS) is 11.8. The highest BCUT2D eigenvalue weighted by Gasteiger charge is 2.18. The van der Waals surface area contributed by atoms with E-state index in [0.29, 0.717) is 6.54 Å². The van der Waals surface area contributed by atoms with Gasteiger partial charge in [0, 0.05) is 12.7 Å². The Balaban J connectivity index is 2.68. The molecule has 0 bridgehead atoms. The molecule has 0 aliphatic rings. The predicted octanol–water partition coefficient (Wildman–Crippen LogP) is -0.403. The minimum absolute atomic E-state index is 0.0858. The van der Waals surface area contributed by atoms with Crippen molar-refractivity contribution in [2.45, 2.75) is 11.4 Å². The highest BCUT2D eigenvalue weighted by molar-refractivity contribution is 7.89. The van der Waals surface area contributed by atoms with E-state index in [4.69, 9.17) is 5.84 Å². The zero-order valence-corrected chi connectivity index (χ0v) is 11.4. The van der Waals surface area contributed by atoms with E-state index in [1.807, 2.05) is 19.0 Å². The van der Waals surface area contributed by atoms with E-state index in [2.05, 4.69) is 15.1 Å². The van der Waals surface area contributed by atoms with Gasteiger partial charge >= 0.3 is 0 Å². The van der Waals surface area contributed by atoms with Crippen LogP contribution in [0.1, 0.15) is 6.42 Å². The minimum Gasteiger partial charge on any atom is -0.321 e. The van der Waals surface area contributed by atoms with E-state index in [-0.39, 0.29) is 10.7 Å². The highest BCUT2D eigenvalue weighted by atomic mass is 32.2. The van der Waals surface area contributed by atoms with E-state index in [9.17, 15) is 8.42 Å². The number of sulfonamides is 1. The van der Waals surface area contributed by atoms with Crippen LogP contribution in [0.5, 0.6) is 0 Å². The number of nitrogen functional groups attached to an aromatic ring is 1. The second kappa shape index (κ2) is 6.64. The van der Waals surface area contributed by atoms with E-state index in [1.165, 1.54) is 6.20 Å². The average molecular weight is 273 g/mol. The standard InChI is InChI=1S/C10H19N5O2S/c1-15(2)8-4-7-13-18(16,17)10-9(14-11)5-3-6-12-10/h3,5-6,13-14H,4,7-8,11H2,1-2H3. The topological polar surface area (TPSA) is 100 Å². The molecule has 0 aliphatic carbocycles. The molecule has 1 heterocycles. The van der Waals surface area contributed by atoms with Crippen molar-refractivity contribution in [1.29, 1.82) is 0 Å². The third-order valence-corrected chi connectivity index (χ3v) is 3.67. The van der Waals surface area contributed by atoms with Crippen molar-refractivity contribution in [3.63, 3.8) is 0 Å². The van der Waals surface area contributed by atoms with Crippen molar-refractivity contribution < 1.29 is 8.42 Å². The van der Waals surface area contributed by atoms with Crippen molar-refractivity contribution in [3.8, 4) is 0 Å². The molecule has 0 aliphatic heterocycles. The van der Waals surface area contributed by atoms with Gasteiger partial charge in [0.1, 0.15) is 0 Å². The SMILES string of the molecule is CN(C)CCCNS(=O)(=O)c1ncccc1NN. The fraction of sp³-hybridized carbons (Fsp3) is 0.500. The van der Waals surface area contributed by atoms with Crippen molar-refractivity contribution in [2.24, 2.45) is 5.84 Å². The third kappa shape index (κ3) is 4.22. The summed E-state index contributed by atoms with van der Waals surface area (Å²) in [6.07, 6.45) is 2.14. The molecule has 0 unspecified atom stereocenters. The molecule has 102 valence electrons. The molecule has 4 N–H and O–H groups in total. The Morgan fingerprint density at radius 2 is 2.17 bits per heavy atom. The van der Waals surface area contributed by atoms with Crippen LogP contribution in [0.25, 0.3) is 0 Å². The molecule has 18 heavy (non-hydrogen) atoms. The van der Waals surface area contributed by atoms with Crippen LogP contribution in [-0.2, 0) is 10.0 Å². The molecule has 7 nitrogen and oxygen atoms in total. The second-order valence-corrected chi connectivity index (χ2v) is 5.74. The van der Waals surface area contributed by atoms with Gasteiger partial charge in [0.05, 0.1) is 5.69 Å². The van der Waals surface area contributed by atoms with Gasteiger partial charge in [-0.1, -0.05) is 0 Å². The number of hydrogen-bond donors (Lipinski definition) is 3. The fourth-order valence-corrected chi connectivity index (χ4v) is 2.55. The molecular weight excluding hydrogens is 254 g/mol. The van der Waals surface area contributed by atoms with Crippen molar-refractivity contribution in [1.82, 2.24) is 14.6 Å². The van der Waals surface area contributed by atoms with E-state index in [0.717, 1.165) is 13.0 Å². The molecule has 0 radical (unpaired) electrons. The number of nitrogens with zero attached hydrogens (tertiary/aromatic N) is 2. The Hall–Kier alpha value is -1.22. The summed E-state index contributed by atoms with van der Waals surface area (Å²) in [6, 6.07) is 3.17. The molecule has 0 saturated carbocycles. The van der Waals surface area contributed by atoms with Crippen LogP contribution < -0.4 is 16.0 Å². The van der Waals surface area contributed by atoms with Gasteiger partial charge in [-0.2, -0.15) is 0 Å². The fourth-order valence-electron chi connectivity index (χ4n) is 1.38. The Bertz CT molecular complexity index is 475. The predicted molar refractivity (Wildman–Crippen MR) is 70.4 cm³/mol. The molecule has 8 heteroatoms. The van der Waals surface area contributed by atoms with Crippen LogP contribution >= 0.6 is 0 Å². The van der Waals surface area contributed by atoms with Gasteiger partial charge in [0.15, 0.2) is 5.03 Å². The molecule has 0 spiro atoms. The first kappa shape index (κ1) is 14.8. The lowest BCUT2D eigenvalue weighted by Crippen LogP contribution is -2.29. The van der Waals surface area contributed by atoms with Crippen LogP contribution in [-0.4, -0.2) is 45.5 Å². The summed E-state index contributed by atoms with van der Waals surface area (Å²) in [4.78, 5) is 5.82.